The first-order valence-corrected chi connectivity index (χ1v) is 7.15. The van der Waals surface area contributed by atoms with Gasteiger partial charge in [0.25, 0.3) is 0 Å². The van der Waals surface area contributed by atoms with E-state index in [2.05, 4.69) is 24.1 Å². The standard InChI is InChI=1S/C14H26N2O2/c1-4-18-13(17)12(15-11-5-6-11)9-16-8-7-14(2,3)10-16/h11-12,15H,4-10H2,1-3H3. The van der Waals surface area contributed by atoms with Crippen LogP contribution in [-0.4, -0.2) is 49.2 Å². The predicted octanol–water partition coefficient (Wildman–Crippen LogP) is 1.40. The molecule has 0 amide bonds. The zero-order chi connectivity index (χ0) is 13.2. The number of esters is 1. The van der Waals surface area contributed by atoms with E-state index in [1.54, 1.807) is 0 Å². The van der Waals surface area contributed by atoms with Crippen LogP contribution in [0.25, 0.3) is 0 Å². The van der Waals surface area contributed by atoms with Crippen LogP contribution >= 0.6 is 0 Å². The lowest BCUT2D eigenvalue weighted by Gasteiger charge is -2.24. The maximum absolute atomic E-state index is 11.9. The number of carbonyl (C=O) groups is 1. The lowest BCUT2D eigenvalue weighted by Crippen LogP contribution is -2.47. The minimum atomic E-state index is -0.147. The molecule has 0 radical (unpaired) electrons. The largest absolute Gasteiger partial charge is 0.465 e. The summed E-state index contributed by atoms with van der Waals surface area (Å²) in [5.41, 5.74) is 0.388. The summed E-state index contributed by atoms with van der Waals surface area (Å²) < 4.78 is 5.17. The molecule has 1 atom stereocenters. The van der Waals surface area contributed by atoms with E-state index in [1.165, 1.54) is 19.3 Å². The number of nitrogens with one attached hydrogen (secondary N) is 1. The average Bonchev–Trinajstić information content (AvgIpc) is 3.03. The van der Waals surface area contributed by atoms with Crippen LogP contribution in [0.3, 0.4) is 0 Å². The molecule has 0 aromatic carbocycles. The van der Waals surface area contributed by atoms with E-state index in [4.69, 9.17) is 4.74 Å². The summed E-state index contributed by atoms with van der Waals surface area (Å²) >= 11 is 0. The summed E-state index contributed by atoms with van der Waals surface area (Å²) in [7, 11) is 0. The molecule has 0 aromatic rings. The third kappa shape index (κ3) is 3.95. The molecule has 1 aliphatic heterocycles. The number of carbonyl (C=O) groups excluding carboxylic acids is 1. The maximum atomic E-state index is 11.9. The van der Waals surface area contributed by atoms with E-state index in [0.29, 0.717) is 18.1 Å². The van der Waals surface area contributed by atoms with Crippen LogP contribution in [0.2, 0.25) is 0 Å². The van der Waals surface area contributed by atoms with Gasteiger partial charge in [-0.25, -0.2) is 0 Å². The quantitative estimate of drug-likeness (QED) is 0.728. The van der Waals surface area contributed by atoms with Gasteiger partial charge >= 0.3 is 5.97 Å². The first-order chi connectivity index (χ1) is 8.50. The summed E-state index contributed by atoms with van der Waals surface area (Å²) in [6.07, 6.45) is 3.61. The fourth-order valence-corrected chi connectivity index (χ4v) is 2.61. The fourth-order valence-electron chi connectivity index (χ4n) is 2.61. The second-order valence-electron chi connectivity index (χ2n) is 6.39. The van der Waals surface area contributed by atoms with E-state index in [1.807, 2.05) is 6.92 Å². The molecule has 4 heteroatoms. The van der Waals surface area contributed by atoms with Crippen LogP contribution in [0.1, 0.15) is 40.0 Å². The predicted molar refractivity (Wildman–Crippen MR) is 71.4 cm³/mol. The van der Waals surface area contributed by atoms with Gasteiger partial charge in [0.1, 0.15) is 6.04 Å². The van der Waals surface area contributed by atoms with Crippen molar-refractivity contribution in [3.8, 4) is 0 Å². The van der Waals surface area contributed by atoms with Crippen molar-refractivity contribution in [2.45, 2.75) is 52.1 Å². The third-order valence-electron chi connectivity index (χ3n) is 3.78. The Bertz CT molecular complexity index is 300. The molecule has 2 fully saturated rings. The monoisotopic (exact) mass is 254 g/mol. The molecule has 1 aliphatic carbocycles. The minimum absolute atomic E-state index is 0.0888. The van der Waals surface area contributed by atoms with Gasteiger partial charge in [0.05, 0.1) is 6.61 Å². The molecule has 1 N–H and O–H groups in total. The summed E-state index contributed by atoms with van der Waals surface area (Å²) in [6, 6.07) is 0.390. The molecule has 1 heterocycles. The molecule has 0 spiro atoms. The van der Waals surface area contributed by atoms with E-state index >= 15 is 0 Å². The van der Waals surface area contributed by atoms with Gasteiger partial charge in [-0.1, -0.05) is 13.8 Å². The highest BCUT2D eigenvalue weighted by Crippen LogP contribution is 2.29. The van der Waals surface area contributed by atoms with Gasteiger partial charge in [-0.2, -0.15) is 0 Å². The Kier molecular flexibility index (Phi) is 4.28. The smallest absolute Gasteiger partial charge is 0.324 e. The highest BCUT2D eigenvalue weighted by molar-refractivity contribution is 5.76. The molecular formula is C14H26N2O2. The number of hydrogen-bond donors (Lipinski definition) is 1. The SMILES string of the molecule is CCOC(=O)C(CN1CCC(C)(C)C1)NC1CC1. The van der Waals surface area contributed by atoms with Gasteiger partial charge in [-0.05, 0) is 38.1 Å². The van der Waals surface area contributed by atoms with Crippen molar-refractivity contribution in [2.75, 3.05) is 26.2 Å². The van der Waals surface area contributed by atoms with Crippen molar-refractivity contribution in [2.24, 2.45) is 5.41 Å². The molecule has 1 unspecified atom stereocenters. The van der Waals surface area contributed by atoms with Gasteiger partial charge < -0.3 is 15.0 Å². The van der Waals surface area contributed by atoms with Crippen LogP contribution in [0, 0.1) is 5.41 Å². The van der Waals surface area contributed by atoms with Crippen molar-refractivity contribution in [1.82, 2.24) is 10.2 Å². The van der Waals surface area contributed by atoms with E-state index in [-0.39, 0.29) is 12.0 Å². The van der Waals surface area contributed by atoms with E-state index in [0.717, 1.165) is 19.6 Å². The Labute approximate surface area is 110 Å². The Morgan fingerprint density at radius 2 is 2.22 bits per heavy atom. The molecule has 0 bridgehead atoms. The molecule has 4 nitrogen and oxygen atoms in total. The minimum Gasteiger partial charge on any atom is -0.465 e. The van der Waals surface area contributed by atoms with Gasteiger partial charge in [0, 0.05) is 19.1 Å². The van der Waals surface area contributed by atoms with Crippen molar-refractivity contribution in [3.63, 3.8) is 0 Å². The number of nitrogens with zero attached hydrogens (tertiary/aromatic N) is 1. The molecule has 1 saturated heterocycles. The Hall–Kier alpha value is -0.610. The summed E-state index contributed by atoms with van der Waals surface area (Å²) in [6.45, 7) is 9.88. The van der Waals surface area contributed by atoms with Gasteiger partial charge in [-0.3, -0.25) is 4.79 Å². The molecular weight excluding hydrogens is 228 g/mol. The molecule has 0 aromatic heterocycles. The number of hydrogen-bond acceptors (Lipinski definition) is 4. The van der Waals surface area contributed by atoms with Crippen LogP contribution in [-0.2, 0) is 9.53 Å². The number of likely N-dealkylation sites (tertiary alicyclic amines) is 1. The second-order valence-corrected chi connectivity index (χ2v) is 6.39. The zero-order valence-electron chi connectivity index (χ0n) is 11.9. The van der Waals surface area contributed by atoms with Crippen LogP contribution < -0.4 is 5.32 Å². The van der Waals surface area contributed by atoms with E-state index < -0.39 is 0 Å². The van der Waals surface area contributed by atoms with Crippen LogP contribution in [0.4, 0.5) is 0 Å². The highest BCUT2D eigenvalue weighted by atomic mass is 16.5. The molecule has 2 rings (SSSR count). The van der Waals surface area contributed by atoms with Gasteiger partial charge in [0.2, 0.25) is 0 Å². The summed E-state index contributed by atoms with van der Waals surface area (Å²) in [5.74, 6) is -0.0888. The zero-order valence-corrected chi connectivity index (χ0v) is 11.9. The lowest BCUT2D eigenvalue weighted by molar-refractivity contribution is -0.146. The number of rotatable bonds is 6. The Morgan fingerprint density at radius 1 is 1.50 bits per heavy atom. The highest BCUT2D eigenvalue weighted by Gasteiger charge is 2.34. The third-order valence-corrected chi connectivity index (χ3v) is 3.78. The van der Waals surface area contributed by atoms with Crippen molar-refractivity contribution < 1.29 is 9.53 Å². The van der Waals surface area contributed by atoms with Crippen molar-refractivity contribution in [3.05, 3.63) is 0 Å². The lowest BCUT2D eigenvalue weighted by atomic mass is 9.93. The maximum Gasteiger partial charge on any atom is 0.324 e. The summed E-state index contributed by atoms with van der Waals surface area (Å²) in [5, 5.41) is 3.41. The van der Waals surface area contributed by atoms with Crippen molar-refractivity contribution in [1.29, 1.82) is 0 Å². The number of ether oxygens (including phenoxy) is 1. The van der Waals surface area contributed by atoms with E-state index in [9.17, 15) is 4.79 Å². The molecule has 1 saturated carbocycles. The Morgan fingerprint density at radius 3 is 2.72 bits per heavy atom. The fraction of sp³-hybridized carbons (Fsp3) is 0.929. The van der Waals surface area contributed by atoms with Gasteiger partial charge in [-0.15, -0.1) is 0 Å². The Balaban J connectivity index is 1.86. The second kappa shape index (κ2) is 5.57. The molecule has 104 valence electrons. The first kappa shape index (κ1) is 13.8. The van der Waals surface area contributed by atoms with Crippen LogP contribution in [0.5, 0.6) is 0 Å². The molecule has 2 aliphatic rings. The first-order valence-electron chi connectivity index (χ1n) is 7.15. The topological polar surface area (TPSA) is 41.6 Å². The normalized spacial score (nSPS) is 25.1. The van der Waals surface area contributed by atoms with Gasteiger partial charge in [0.15, 0.2) is 0 Å². The van der Waals surface area contributed by atoms with Crippen molar-refractivity contribution >= 4 is 5.97 Å². The summed E-state index contributed by atoms with van der Waals surface area (Å²) in [4.78, 5) is 14.3. The average molecular weight is 254 g/mol. The molecule has 18 heavy (non-hydrogen) atoms. The van der Waals surface area contributed by atoms with Crippen LogP contribution in [0.15, 0.2) is 0 Å².